The molecule has 0 bridgehead atoms. The van der Waals surface area contributed by atoms with Crippen LogP contribution in [0.3, 0.4) is 0 Å². The molecule has 0 atom stereocenters. The van der Waals surface area contributed by atoms with E-state index in [0.29, 0.717) is 35.7 Å². The topological polar surface area (TPSA) is 189 Å². The van der Waals surface area contributed by atoms with Crippen molar-refractivity contribution in [2.75, 3.05) is 18.5 Å². The number of fused-ring (bicyclic) bond motifs is 1. The Hall–Kier alpha value is -5.62. The lowest BCUT2D eigenvalue weighted by molar-refractivity contribution is -0.193. The average Bonchev–Trinajstić information content (AvgIpc) is 3.71. The molecule has 1 saturated carbocycles. The Morgan fingerprint density at radius 3 is 2.08 bits per heavy atom. The van der Waals surface area contributed by atoms with Gasteiger partial charge in [0.05, 0.1) is 17.5 Å². The lowest BCUT2D eigenvalue weighted by Gasteiger charge is -2.20. The fourth-order valence-corrected chi connectivity index (χ4v) is 3.97. The highest BCUT2D eigenvalue weighted by Gasteiger charge is 2.39. The van der Waals surface area contributed by atoms with Crippen LogP contribution in [0.1, 0.15) is 39.2 Å². The lowest BCUT2D eigenvalue weighted by atomic mass is 10.1. The highest BCUT2D eigenvalue weighted by Crippen LogP contribution is 2.38. The zero-order valence-corrected chi connectivity index (χ0v) is 27.6. The summed E-state index contributed by atoms with van der Waals surface area (Å²) in [6.07, 6.45) is -6.00. The highest BCUT2D eigenvalue weighted by molar-refractivity contribution is 5.98. The van der Waals surface area contributed by atoms with Gasteiger partial charge in [-0.1, -0.05) is 18.2 Å². The van der Waals surface area contributed by atoms with Crippen LogP contribution in [-0.4, -0.2) is 79.3 Å². The fraction of sp³-hybridized carbons (Fsp3) is 0.375. The van der Waals surface area contributed by atoms with E-state index in [1.165, 1.54) is 12.8 Å². The molecule has 19 heteroatoms. The molecule has 0 spiro atoms. The Kier molecular flexibility index (Phi) is 12.8. The largest absolute Gasteiger partial charge is 0.492 e. The Labute approximate surface area is 286 Å². The summed E-state index contributed by atoms with van der Waals surface area (Å²) in [6, 6.07) is 13.3. The van der Waals surface area contributed by atoms with Crippen molar-refractivity contribution in [1.82, 2.24) is 25.5 Å². The highest BCUT2D eigenvalue weighted by atomic mass is 19.4. The number of nitrogens with one attached hydrogen (secondary N) is 3. The third kappa shape index (κ3) is 13.0. The number of carboxylic acids is 2. The van der Waals surface area contributed by atoms with Gasteiger partial charge in [-0.2, -0.15) is 31.4 Å². The van der Waals surface area contributed by atoms with Crippen molar-refractivity contribution in [1.29, 1.82) is 0 Å². The van der Waals surface area contributed by atoms with Gasteiger partial charge >= 0.3 is 24.3 Å². The van der Waals surface area contributed by atoms with Crippen LogP contribution >= 0.6 is 0 Å². The molecule has 0 radical (unpaired) electrons. The number of rotatable bonds is 9. The van der Waals surface area contributed by atoms with E-state index in [0.717, 1.165) is 27.8 Å². The summed E-state index contributed by atoms with van der Waals surface area (Å²) in [4.78, 5) is 39.7. The zero-order valence-electron chi connectivity index (χ0n) is 27.6. The molecule has 5 rings (SSSR count). The van der Waals surface area contributed by atoms with Crippen LogP contribution in [0.15, 0.2) is 48.7 Å². The first kappa shape index (κ1) is 39.8. The molecule has 51 heavy (non-hydrogen) atoms. The normalized spacial score (nSPS) is 12.8. The summed E-state index contributed by atoms with van der Waals surface area (Å²) in [7, 11) is 0. The number of halogens is 6. The maximum Gasteiger partial charge on any atom is 0.490 e. The second-order valence-electron chi connectivity index (χ2n) is 12.1. The van der Waals surface area contributed by atoms with Gasteiger partial charge in [0.25, 0.3) is 5.91 Å². The second kappa shape index (κ2) is 16.4. The average molecular weight is 729 g/mol. The van der Waals surface area contributed by atoms with Crippen LogP contribution in [0.4, 0.5) is 38.0 Å². The molecule has 1 aliphatic rings. The number of hydrogen-bond donors (Lipinski definition) is 5. The summed E-state index contributed by atoms with van der Waals surface area (Å²) in [6.45, 7) is 8.44. The number of alkyl halides is 6. The number of carbonyl (C=O) groups is 3. The van der Waals surface area contributed by atoms with Gasteiger partial charge < -0.3 is 30.3 Å². The van der Waals surface area contributed by atoms with Gasteiger partial charge in [0.2, 0.25) is 0 Å². The number of carbonyl (C=O) groups excluding carboxylic acids is 1. The van der Waals surface area contributed by atoms with E-state index in [1.54, 1.807) is 6.20 Å². The molecule has 13 nitrogen and oxygen atoms in total. The van der Waals surface area contributed by atoms with Crippen molar-refractivity contribution in [2.24, 2.45) is 5.92 Å². The quantitative estimate of drug-likeness (QED) is 0.120. The molecule has 276 valence electrons. The summed E-state index contributed by atoms with van der Waals surface area (Å²) in [5, 5.41) is 28.4. The van der Waals surface area contributed by atoms with Gasteiger partial charge in [0.15, 0.2) is 18.2 Å². The first-order chi connectivity index (χ1) is 23.6. The minimum absolute atomic E-state index is 0.0771. The van der Waals surface area contributed by atoms with E-state index in [4.69, 9.17) is 39.2 Å². The predicted octanol–water partition coefficient (Wildman–Crippen LogP) is 6.42. The fourth-order valence-electron chi connectivity index (χ4n) is 3.97. The molecule has 2 heterocycles. The number of ether oxygens (including phenoxy) is 2. The summed E-state index contributed by atoms with van der Waals surface area (Å²) in [5.41, 5.74) is 2.23. The van der Waals surface area contributed by atoms with Gasteiger partial charge in [-0.25, -0.2) is 19.6 Å². The van der Waals surface area contributed by atoms with E-state index >= 15 is 0 Å². The molecule has 2 aromatic heterocycles. The molecule has 1 amide bonds. The number of benzene rings is 2. The minimum atomic E-state index is -5.08. The van der Waals surface area contributed by atoms with Crippen molar-refractivity contribution in [3.63, 3.8) is 0 Å². The maximum atomic E-state index is 12.2. The molecule has 2 aromatic carbocycles. The first-order valence-corrected chi connectivity index (χ1v) is 15.0. The molecule has 1 fully saturated rings. The van der Waals surface area contributed by atoms with E-state index < -0.39 is 24.3 Å². The summed E-state index contributed by atoms with van der Waals surface area (Å²) >= 11 is 0. The van der Waals surface area contributed by atoms with Gasteiger partial charge in [0, 0.05) is 23.4 Å². The molecule has 0 aliphatic heterocycles. The molecule has 4 aromatic rings. The number of aliphatic carboxylic acids is 2. The molecule has 1 aliphatic carbocycles. The smallest absolute Gasteiger partial charge is 0.490 e. The third-order valence-electron chi connectivity index (χ3n) is 6.38. The molecular weight excluding hydrogens is 694 g/mol. The standard InChI is InChI=1S/C28H32N6O3.2C2HF3O2/c1-17-8-11-21-24(25(17)37-15-18-9-10-18)27(31-22-12-13-29-34-22)32-26(30-21)19-6-5-7-20(14-19)36-16-23(35)33-28(2,3)4;2*3-2(4,5)1(6)7/h5-8,11-14,18H,9-10,15-16H2,1-4H3,(H,33,35)(H2,29,30,31,32,34);2*(H,6,7). The van der Waals surface area contributed by atoms with Crippen molar-refractivity contribution < 1.29 is 60.4 Å². The Bertz CT molecular complexity index is 1800. The second-order valence-corrected chi connectivity index (χ2v) is 12.1. The van der Waals surface area contributed by atoms with Gasteiger partial charge in [-0.3, -0.25) is 9.89 Å². The number of H-pyrrole nitrogens is 1. The van der Waals surface area contributed by atoms with E-state index in [-0.39, 0.29) is 18.1 Å². The van der Waals surface area contributed by atoms with Gasteiger partial charge in [-0.15, -0.1) is 0 Å². The number of aromatic amines is 1. The molecule has 5 N–H and O–H groups in total. The summed E-state index contributed by atoms with van der Waals surface area (Å²) in [5.74, 6) is -1.96. The number of hydrogen-bond acceptors (Lipinski definition) is 9. The van der Waals surface area contributed by atoms with Crippen molar-refractivity contribution in [3.05, 3.63) is 54.2 Å². The molecule has 0 unspecified atom stereocenters. The van der Waals surface area contributed by atoms with Crippen LogP contribution in [0.2, 0.25) is 0 Å². The van der Waals surface area contributed by atoms with Crippen LogP contribution < -0.4 is 20.1 Å². The zero-order chi connectivity index (χ0) is 38.1. The maximum absolute atomic E-state index is 12.2. The van der Waals surface area contributed by atoms with Gasteiger partial charge in [0.1, 0.15) is 17.3 Å². The minimum Gasteiger partial charge on any atom is -0.492 e. The van der Waals surface area contributed by atoms with Crippen LogP contribution in [0, 0.1) is 12.8 Å². The van der Waals surface area contributed by atoms with E-state index in [9.17, 15) is 31.1 Å². The van der Waals surface area contributed by atoms with Crippen molar-refractivity contribution >= 4 is 40.4 Å². The van der Waals surface area contributed by atoms with Crippen LogP contribution in [0.5, 0.6) is 11.5 Å². The third-order valence-corrected chi connectivity index (χ3v) is 6.38. The number of aryl methyl sites for hydroxylation is 1. The van der Waals surface area contributed by atoms with Crippen LogP contribution in [0.25, 0.3) is 22.3 Å². The van der Waals surface area contributed by atoms with E-state index in [2.05, 4.69) is 20.8 Å². The number of anilines is 2. The summed E-state index contributed by atoms with van der Waals surface area (Å²) < 4.78 is 75.5. The lowest BCUT2D eigenvalue weighted by Crippen LogP contribution is -2.43. The van der Waals surface area contributed by atoms with E-state index in [1.807, 2.05) is 70.2 Å². The number of aromatic nitrogens is 4. The Morgan fingerprint density at radius 1 is 0.922 bits per heavy atom. The van der Waals surface area contributed by atoms with Crippen LogP contribution in [-0.2, 0) is 14.4 Å². The predicted molar refractivity (Wildman–Crippen MR) is 171 cm³/mol. The monoisotopic (exact) mass is 728 g/mol. The number of nitrogens with zero attached hydrogens (tertiary/aromatic N) is 3. The molecular formula is C32H34F6N6O7. The van der Waals surface area contributed by atoms with Crippen molar-refractivity contribution in [3.8, 4) is 22.9 Å². The van der Waals surface area contributed by atoms with Crippen molar-refractivity contribution in [2.45, 2.75) is 58.4 Å². The van der Waals surface area contributed by atoms with Gasteiger partial charge in [-0.05, 0) is 70.2 Å². The molecule has 0 saturated heterocycles. The Morgan fingerprint density at radius 2 is 1.55 bits per heavy atom. The first-order valence-electron chi connectivity index (χ1n) is 15.0. The SMILES string of the molecule is Cc1ccc2nc(-c3cccc(OCC(=O)NC(C)(C)C)c3)nc(Nc3cc[nH]n3)c2c1OCC1CC1.O=C(O)C(F)(F)F.O=C(O)C(F)(F)F. The number of carboxylic acid groups (broad SMARTS) is 2. The Balaban J connectivity index is 0.000000424. The number of amides is 1.